The van der Waals surface area contributed by atoms with Crippen LogP contribution >= 0.6 is 0 Å². The first-order valence-electron chi connectivity index (χ1n) is 6.14. The Hall–Kier alpha value is -0.513. The van der Waals surface area contributed by atoms with Gasteiger partial charge >= 0.3 is 0 Å². The Morgan fingerprint density at radius 1 is 1.06 bits per heavy atom. The van der Waals surface area contributed by atoms with Gasteiger partial charge in [0.05, 0.1) is 13.8 Å². The van der Waals surface area contributed by atoms with Crippen LogP contribution < -0.4 is 5.32 Å². The Morgan fingerprint density at radius 2 is 1.56 bits per heavy atom. The van der Waals surface area contributed by atoms with Crippen LogP contribution in [-0.2, 0) is 4.74 Å². The number of amidine groups is 1. The summed E-state index contributed by atoms with van der Waals surface area (Å²) in [5.41, 5.74) is 0.274. The van der Waals surface area contributed by atoms with Gasteiger partial charge < -0.3 is 10.1 Å². The fraction of sp³-hybridized carbons (Fsp3) is 0.917. The summed E-state index contributed by atoms with van der Waals surface area (Å²) in [6.07, 6.45) is 0. The smallest absolute Gasteiger partial charge is 0.284 e. The van der Waals surface area contributed by atoms with Crippen LogP contribution in [0.5, 0.6) is 0 Å². The van der Waals surface area contributed by atoms with Gasteiger partial charge in [-0.1, -0.05) is 19.6 Å². The molecule has 0 aromatic carbocycles. The van der Waals surface area contributed by atoms with E-state index in [0.29, 0.717) is 12.1 Å². The molecule has 0 saturated carbocycles. The Morgan fingerprint density at radius 3 is 1.88 bits per heavy atom. The highest BCUT2D eigenvalue weighted by Crippen LogP contribution is 2.11. The SMILES string of the molecule is CC(C)N=C(NC(C)C)OC(C)[Si](C)(C)C. The first-order valence-corrected chi connectivity index (χ1v) is 9.71. The van der Waals surface area contributed by atoms with Crippen molar-refractivity contribution < 1.29 is 4.74 Å². The molecule has 1 unspecified atom stereocenters. The number of ether oxygens (including phenoxy) is 1. The minimum atomic E-state index is -1.27. The van der Waals surface area contributed by atoms with Gasteiger partial charge in [-0.05, 0) is 34.6 Å². The van der Waals surface area contributed by atoms with Gasteiger partial charge in [0.2, 0.25) is 0 Å². The molecule has 0 saturated heterocycles. The third-order valence-electron chi connectivity index (χ3n) is 2.30. The number of aliphatic imine (C=N–C) groups is 1. The zero-order valence-electron chi connectivity index (χ0n) is 12.1. The van der Waals surface area contributed by atoms with E-state index in [1.54, 1.807) is 0 Å². The van der Waals surface area contributed by atoms with Gasteiger partial charge in [0, 0.05) is 12.1 Å². The van der Waals surface area contributed by atoms with E-state index in [1.165, 1.54) is 0 Å². The number of hydrogen-bond acceptors (Lipinski definition) is 2. The van der Waals surface area contributed by atoms with E-state index in [0.717, 1.165) is 0 Å². The number of hydrogen-bond donors (Lipinski definition) is 1. The molecule has 4 heteroatoms. The van der Waals surface area contributed by atoms with Gasteiger partial charge in [-0.25, -0.2) is 4.99 Å². The zero-order chi connectivity index (χ0) is 12.9. The van der Waals surface area contributed by atoms with Gasteiger partial charge in [-0.2, -0.15) is 0 Å². The molecule has 0 amide bonds. The molecule has 0 bridgehead atoms. The van der Waals surface area contributed by atoms with Crippen LogP contribution in [0.2, 0.25) is 19.6 Å². The summed E-state index contributed by atoms with van der Waals surface area (Å²) in [5.74, 6) is 0. The summed E-state index contributed by atoms with van der Waals surface area (Å²) in [7, 11) is -1.27. The second kappa shape index (κ2) is 6.28. The highest BCUT2D eigenvalue weighted by Gasteiger charge is 2.25. The number of nitrogens with one attached hydrogen (secondary N) is 1. The largest absolute Gasteiger partial charge is 0.466 e. The lowest BCUT2D eigenvalue weighted by Crippen LogP contribution is -2.44. The van der Waals surface area contributed by atoms with Gasteiger partial charge in [0.1, 0.15) is 0 Å². The molecule has 0 radical (unpaired) electrons. The average molecular weight is 244 g/mol. The molecule has 96 valence electrons. The van der Waals surface area contributed by atoms with Crippen LogP contribution in [0.3, 0.4) is 0 Å². The molecule has 0 aliphatic rings. The molecular weight excluding hydrogens is 216 g/mol. The molecule has 0 aromatic heterocycles. The fourth-order valence-corrected chi connectivity index (χ4v) is 1.39. The third-order valence-corrected chi connectivity index (χ3v) is 4.85. The Bertz CT molecular complexity index is 232. The summed E-state index contributed by atoms with van der Waals surface area (Å²) >= 11 is 0. The molecule has 16 heavy (non-hydrogen) atoms. The minimum Gasteiger partial charge on any atom is -0.466 e. The molecule has 0 aromatic rings. The number of nitrogens with zero attached hydrogens (tertiary/aromatic N) is 1. The van der Waals surface area contributed by atoms with E-state index in [1.807, 2.05) is 0 Å². The average Bonchev–Trinajstić information content (AvgIpc) is 1.98. The maximum absolute atomic E-state index is 5.94. The molecule has 0 rings (SSSR count). The van der Waals surface area contributed by atoms with Crippen molar-refractivity contribution in [3.05, 3.63) is 0 Å². The number of rotatable bonds is 4. The monoisotopic (exact) mass is 244 g/mol. The van der Waals surface area contributed by atoms with Gasteiger partial charge in [-0.3, -0.25) is 0 Å². The van der Waals surface area contributed by atoms with Crippen molar-refractivity contribution in [1.82, 2.24) is 5.32 Å². The van der Waals surface area contributed by atoms with Crippen LogP contribution in [0, 0.1) is 0 Å². The van der Waals surface area contributed by atoms with Gasteiger partial charge in [-0.15, -0.1) is 0 Å². The fourth-order valence-electron chi connectivity index (χ4n) is 0.927. The van der Waals surface area contributed by atoms with Gasteiger partial charge in [0.15, 0.2) is 0 Å². The normalized spacial score (nSPS) is 15.5. The quantitative estimate of drug-likeness (QED) is 0.468. The molecule has 1 N–H and O–H groups in total. The van der Waals surface area contributed by atoms with Crippen molar-refractivity contribution in [1.29, 1.82) is 0 Å². The first-order chi connectivity index (χ1) is 7.12. The van der Waals surface area contributed by atoms with Crippen molar-refractivity contribution >= 4 is 14.1 Å². The van der Waals surface area contributed by atoms with Crippen molar-refractivity contribution in [3.63, 3.8) is 0 Å². The predicted molar refractivity (Wildman–Crippen MR) is 74.7 cm³/mol. The minimum absolute atomic E-state index is 0.259. The van der Waals surface area contributed by atoms with E-state index in [-0.39, 0.29) is 11.8 Å². The van der Waals surface area contributed by atoms with Crippen molar-refractivity contribution in [2.45, 2.75) is 72.1 Å². The van der Waals surface area contributed by atoms with E-state index < -0.39 is 8.07 Å². The van der Waals surface area contributed by atoms with E-state index in [9.17, 15) is 0 Å². The summed E-state index contributed by atoms with van der Waals surface area (Å²) in [6, 6.07) is 1.31. The second-order valence-corrected chi connectivity index (χ2v) is 11.5. The molecule has 0 aliphatic heterocycles. The standard InChI is InChI=1S/C12H28N2OSi/c1-9(2)13-12(14-10(3)4)15-11(5)16(6,7)8/h9-11H,1-8H3,(H,13,14). The van der Waals surface area contributed by atoms with E-state index >= 15 is 0 Å². The Labute approximate surface area is 102 Å². The van der Waals surface area contributed by atoms with Crippen LogP contribution in [0.15, 0.2) is 4.99 Å². The van der Waals surface area contributed by atoms with E-state index in [2.05, 4.69) is 64.6 Å². The highest BCUT2D eigenvalue weighted by molar-refractivity contribution is 6.77. The molecular formula is C12H28N2OSi. The molecule has 0 fully saturated rings. The van der Waals surface area contributed by atoms with Crippen LogP contribution in [0.4, 0.5) is 0 Å². The van der Waals surface area contributed by atoms with Crippen molar-refractivity contribution in [2.24, 2.45) is 4.99 Å². The summed E-state index contributed by atoms with van der Waals surface area (Å²) < 4.78 is 5.94. The Kier molecular flexibility index (Phi) is 6.08. The van der Waals surface area contributed by atoms with Gasteiger partial charge in [0.25, 0.3) is 6.02 Å². The molecule has 1 atom stereocenters. The third kappa shape index (κ3) is 6.88. The zero-order valence-corrected chi connectivity index (χ0v) is 13.1. The summed E-state index contributed by atoms with van der Waals surface area (Å²) in [6.45, 7) is 17.4. The first kappa shape index (κ1) is 15.5. The van der Waals surface area contributed by atoms with Crippen LogP contribution in [0.1, 0.15) is 34.6 Å². The van der Waals surface area contributed by atoms with Crippen molar-refractivity contribution in [3.8, 4) is 0 Å². The lowest BCUT2D eigenvalue weighted by molar-refractivity contribution is 0.256. The lowest BCUT2D eigenvalue weighted by atomic mass is 10.4. The van der Waals surface area contributed by atoms with Crippen LogP contribution in [-0.4, -0.2) is 31.9 Å². The predicted octanol–water partition coefficient (Wildman–Crippen LogP) is 3.03. The van der Waals surface area contributed by atoms with Crippen LogP contribution in [0.25, 0.3) is 0 Å². The van der Waals surface area contributed by atoms with E-state index in [4.69, 9.17) is 4.74 Å². The Balaban J connectivity index is 4.56. The maximum atomic E-state index is 5.94. The highest BCUT2D eigenvalue weighted by atomic mass is 28.3. The molecule has 0 heterocycles. The van der Waals surface area contributed by atoms with Crippen molar-refractivity contribution in [2.75, 3.05) is 0 Å². The topological polar surface area (TPSA) is 33.6 Å². The second-order valence-electron chi connectivity index (χ2n) is 5.95. The maximum Gasteiger partial charge on any atom is 0.284 e. The molecule has 0 aliphatic carbocycles. The molecule has 0 spiro atoms. The summed E-state index contributed by atoms with van der Waals surface area (Å²) in [5, 5.41) is 3.26. The lowest BCUT2D eigenvalue weighted by Gasteiger charge is -2.27. The summed E-state index contributed by atoms with van der Waals surface area (Å²) in [4.78, 5) is 4.48. The molecule has 3 nitrogen and oxygen atoms in total.